The second kappa shape index (κ2) is 13.7. The fourth-order valence-corrected chi connectivity index (χ4v) is 2.62. The molecule has 0 aromatic rings. The van der Waals surface area contributed by atoms with E-state index < -0.39 is 11.8 Å². The molecule has 0 amide bonds. The summed E-state index contributed by atoms with van der Waals surface area (Å²) < 4.78 is 11.1. The fourth-order valence-electron chi connectivity index (χ4n) is 2.62. The molecule has 150 valence electrons. The van der Waals surface area contributed by atoms with E-state index in [-0.39, 0.29) is 12.0 Å². The van der Waals surface area contributed by atoms with E-state index in [2.05, 4.69) is 71.1 Å². The zero-order valence-corrected chi connectivity index (χ0v) is 18.0. The molecule has 0 aromatic heterocycles. The van der Waals surface area contributed by atoms with Crippen molar-refractivity contribution in [3.8, 4) is 0 Å². The summed E-state index contributed by atoms with van der Waals surface area (Å²) in [5.74, 6) is 0.601. The molecule has 0 aromatic carbocycles. The minimum Gasteiger partial charge on any atom is -0.430 e. The molecule has 3 heteroatoms. The Morgan fingerprint density at radius 1 is 0.923 bits per heavy atom. The topological polar surface area (TPSA) is 35.5 Å². The fraction of sp³-hybridized carbons (Fsp3) is 0.696. The van der Waals surface area contributed by atoms with Gasteiger partial charge in [0.1, 0.15) is 11.7 Å². The van der Waals surface area contributed by atoms with Crippen LogP contribution in [0.5, 0.6) is 0 Å². The molecule has 0 rings (SSSR count). The first-order chi connectivity index (χ1) is 12.2. The van der Waals surface area contributed by atoms with Gasteiger partial charge in [-0.25, -0.2) is 4.79 Å². The largest absolute Gasteiger partial charge is 0.509 e. The van der Waals surface area contributed by atoms with Crippen molar-refractivity contribution < 1.29 is 14.3 Å². The zero-order chi connectivity index (χ0) is 20.0. The average molecular weight is 365 g/mol. The van der Waals surface area contributed by atoms with Gasteiger partial charge in [-0.1, -0.05) is 77.5 Å². The Morgan fingerprint density at radius 2 is 1.46 bits per heavy atom. The Balaban J connectivity index is 4.31. The Kier molecular flexibility index (Phi) is 12.9. The molecule has 0 aliphatic carbocycles. The first kappa shape index (κ1) is 24.5. The van der Waals surface area contributed by atoms with Crippen LogP contribution in [0.1, 0.15) is 80.6 Å². The summed E-state index contributed by atoms with van der Waals surface area (Å²) >= 11 is 0. The molecule has 0 saturated carbocycles. The summed E-state index contributed by atoms with van der Waals surface area (Å²) in [6, 6.07) is 0. The van der Waals surface area contributed by atoms with Crippen LogP contribution in [0.25, 0.3) is 0 Å². The lowest BCUT2D eigenvalue weighted by Crippen LogP contribution is -2.34. The van der Waals surface area contributed by atoms with Gasteiger partial charge in [0.05, 0.1) is 0 Å². The van der Waals surface area contributed by atoms with Crippen molar-refractivity contribution in [2.75, 3.05) is 0 Å². The minimum absolute atomic E-state index is 0.106. The molecule has 0 saturated heterocycles. The van der Waals surface area contributed by atoms with Crippen LogP contribution in [-0.2, 0) is 9.47 Å². The normalized spacial score (nSPS) is 15.2. The summed E-state index contributed by atoms with van der Waals surface area (Å²) in [5.41, 5.74) is -0.571. The van der Waals surface area contributed by atoms with Gasteiger partial charge in [0, 0.05) is 6.42 Å². The summed E-state index contributed by atoms with van der Waals surface area (Å²) in [4.78, 5) is 12.2. The predicted octanol–water partition coefficient (Wildman–Crippen LogP) is 7.24. The predicted molar refractivity (Wildman–Crippen MR) is 111 cm³/mol. The van der Waals surface area contributed by atoms with Crippen LogP contribution in [0.3, 0.4) is 0 Å². The van der Waals surface area contributed by atoms with E-state index in [9.17, 15) is 4.79 Å². The molecule has 0 spiro atoms. The Hall–Kier alpha value is -1.51. The molecule has 2 atom stereocenters. The first-order valence-corrected chi connectivity index (χ1v) is 10.1. The van der Waals surface area contributed by atoms with E-state index >= 15 is 0 Å². The molecule has 0 bridgehead atoms. The lowest BCUT2D eigenvalue weighted by Gasteiger charge is -2.29. The van der Waals surface area contributed by atoms with Crippen LogP contribution in [0.15, 0.2) is 36.5 Å². The molecular weight excluding hydrogens is 324 g/mol. The number of hydrogen-bond acceptors (Lipinski definition) is 3. The van der Waals surface area contributed by atoms with Crippen molar-refractivity contribution in [1.82, 2.24) is 0 Å². The maximum absolute atomic E-state index is 12.2. The Labute approximate surface area is 161 Å². The number of allylic oxidation sites excluding steroid dienone is 5. The molecule has 2 unspecified atom stereocenters. The zero-order valence-electron chi connectivity index (χ0n) is 18.0. The number of ether oxygens (including phenoxy) is 2. The second-order valence-electron chi connectivity index (χ2n) is 7.82. The lowest BCUT2D eigenvalue weighted by atomic mass is 9.93. The molecule has 0 aliphatic rings. The van der Waals surface area contributed by atoms with Gasteiger partial charge in [0.15, 0.2) is 0 Å². The standard InChI is InChI=1S/C23H40O3/c1-8-10-11-12-13-14-15-16-17-18-23(6,7)26-22(24)25-21(19(3)4)20(5)9-2/h10-11,13-14,16-17,19-21H,8-9,12,15,18H2,1-7H3/b11-10-,14-13-,17-16-. The SMILES string of the molecule is CC/C=C\C/C=C\C/C=C\CC(C)(C)OC(=O)OC(C(C)C)C(C)CC. The molecule has 3 nitrogen and oxygen atoms in total. The van der Waals surface area contributed by atoms with E-state index in [0.717, 1.165) is 25.7 Å². The maximum atomic E-state index is 12.2. The summed E-state index contributed by atoms with van der Waals surface area (Å²) in [6.07, 6.45) is 16.8. The third-order valence-electron chi connectivity index (χ3n) is 4.34. The van der Waals surface area contributed by atoms with Crippen molar-refractivity contribution in [3.63, 3.8) is 0 Å². The van der Waals surface area contributed by atoms with Gasteiger partial charge < -0.3 is 9.47 Å². The van der Waals surface area contributed by atoms with E-state index in [0.29, 0.717) is 12.3 Å². The maximum Gasteiger partial charge on any atom is 0.509 e. The van der Waals surface area contributed by atoms with Crippen LogP contribution < -0.4 is 0 Å². The highest BCUT2D eigenvalue weighted by molar-refractivity contribution is 5.60. The number of hydrogen-bond donors (Lipinski definition) is 0. The van der Waals surface area contributed by atoms with E-state index in [1.165, 1.54) is 0 Å². The van der Waals surface area contributed by atoms with Crippen LogP contribution in [0.4, 0.5) is 4.79 Å². The highest BCUT2D eigenvalue weighted by atomic mass is 16.7. The van der Waals surface area contributed by atoms with Crippen molar-refractivity contribution in [2.24, 2.45) is 11.8 Å². The molecule has 0 aliphatic heterocycles. The van der Waals surface area contributed by atoms with E-state index in [1.54, 1.807) is 0 Å². The molecule has 0 fully saturated rings. The summed E-state index contributed by atoms with van der Waals surface area (Å²) in [5, 5.41) is 0. The van der Waals surface area contributed by atoms with Crippen LogP contribution in [0.2, 0.25) is 0 Å². The quantitative estimate of drug-likeness (QED) is 0.270. The Morgan fingerprint density at radius 3 is 1.96 bits per heavy atom. The molecule has 0 heterocycles. The van der Waals surface area contributed by atoms with Gasteiger partial charge in [-0.05, 0) is 44.9 Å². The number of carbonyl (C=O) groups excluding carboxylic acids is 1. The third-order valence-corrected chi connectivity index (χ3v) is 4.34. The van der Waals surface area contributed by atoms with Crippen molar-refractivity contribution in [3.05, 3.63) is 36.5 Å². The Bertz CT molecular complexity index is 458. The molecular formula is C23H40O3. The van der Waals surface area contributed by atoms with E-state index in [1.807, 2.05) is 13.8 Å². The molecule has 0 radical (unpaired) electrons. The van der Waals surface area contributed by atoms with Gasteiger partial charge in [0.25, 0.3) is 0 Å². The molecule has 0 N–H and O–H groups in total. The van der Waals surface area contributed by atoms with Gasteiger partial charge in [-0.2, -0.15) is 0 Å². The van der Waals surface area contributed by atoms with Crippen LogP contribution in [0, 0.1) is 11.8 Å². The highest BCUT2D eigenvalue weighted by Crippen LogP contribution is 2.22. The van der Waals surface area contributed by atoms with Crippen LogP contribution in [-0.4, -0.2) is 17.9 Å². The number of carbonyl (C=O) groups is 1. The second-order valence-corrected chi connectivity index (χ2v) is 7.82. The summed E-state index contributed by atoms with van der Waals surface area (Å²) in [6.45, 7) is 14.3. The number of rotatable bonds is 12. The van der Waals surface area contributed by atoms with Gasteiger partial charge in [-0.3, -0.25) is 0 Å². The van der Waals surface area contributed by atoms with Crippen molar-refractivity contribution in [1.29, 1.82) is 0 Å². The van der Waals surface area contributed by atoms with Gasteiger partial charge in [-0.15, -0.1) is 0 Å². The molecule has 26 heavy (non-hydrogen) atoms. The van der Waals surface area contributed by atoms with Gasteiger partial charge in [0.2, 0.25) is 0 Å². The van der Waals surface area contributed by atoms with Crippen molar-refractivity contribution >= 4 is 6.16 Å². The van der Waals surface area contributed by atoms with Gasteiger partial charge >= 0.3 is 6.16 Å². The third kappa shape index (κ3) is 11.9. The highest BCUT2D eigenvalue weighted by Gasteiger charge is 2.28. The average Bonchev–Trinajstić information content (AvgIpc) is 2.56. The smallest absolute Gasteiger partial charge is 0.430 e. The van der Waals surface area contributed by atoms with Crippen LogP contribution >= 0.6 is 0 Å². The van der Waals surface area contributed by atoms with Crippen molar-refractivity contribution in [2.45, 2.75) is 92.3 Å². The minimum atomic E-state index is -0.571. The lowest BCUT2D eigenvalue weighted by molar-refractivity contribution is -0.0547. The first-order valence-electron chi connectivity index (χ1n) is 10.1. The van der Waals surface area contributed by atoms with E-state index in [4.69, 9.17) is 9.47 Å². The monoisotopic (exact) mass is 364 g/mol. The summed E-state index contributed by atoms with van der Waals surface area (Å²) in [7, 11) is 0.